The van der Waals surface area contributed by atoms with E-state index in [9.17, 15) is 0 Å². The van der Waals surface area contributed by atoms with E-state index in [0.717, 1.165) is 18.7 Å². The van der Waals surface area contributed by atoms with Crippen LogP contribution in [0.1, 0.15) is 31.7 Å². The topological polar surface area (TPSA) is 21.3 Å². The lowest BCUT2D eigenvalue weighted by atomic mass is 9.96. The van der Waals surface area contributed by atoms with Gasteiger partial charge in [-0.05, 0) is 44.0 Å². The van der Waals surface area contributed by atoms with E-state index in [1.165, 1.54) is 5.56 Å². The van der Waals surface area contributed by atoms with Crippen LogP contribution in [0.2, 0.25) is 5.02 Å². The van der Waals surface area contributed by atoms with Crippen molar-refractivity contribution in [2.45, 2.75) is 26.2 Å². The molecular formula is C13H20ClNO. The van der Waals surface area contributed by atoms with Gasteiger partial charge in [0.15, 0.2) is 0 Å². The van der Waals surface area contributed by atoms with Crippen LogP contribution in [-0.2, 0) is 0 Å². The Labute approximate surface area is 103 Å². The summed E-state index contributed by atoms with van der Waals surface area (Å²) in [5, 5.41) is 3.90. The molecule has 1 atom stereocenters. The molecule has 0 spiro atoms. The average Bonchev–Trinajstić information content (AvgIpc) is 2.29. The number of rotatable bonds is 6. The van der Waals surface area contributed by atoms with Gasteiger partial charge in [0, 0.05) is 6.54 Å². The summed E-state index contributed by atoms with van der Waals surface area (Å²) in [4.78, 5) is 0. The lowest BCUT2D eigenvalue weighted by Crippen LogP contribution is -2.16. The molecule has 0 saturated carbocycles. The van der Waals surface area contributed by atoms with Crippen LogP contribution >= 0.6 is 11.6 Å². The van der Waals surface area contributed by atoms with Gasteiger partial charge in [0.05, 0.1) is 11.6 Å². The second-order valence-corrected chi connectivity index (χ2v) is 4.19. The molecule has 0 aliphatic rings. The molecule has 0 saturated heterocycles. The van der Waals surface area contributed by atoms with E-state index < -0.39 is 0 Å². The highest BCUT2D eigenvalue weighted by molar-refractivity contribution is 6.32. The largest absolute Gasteiger partial charge is 0.492 e. The van der Waals surface area contributed by atoms with Crippen molar-refractivity contribution in [3.63, 3.8) is 0 Å². The number of likely N-dealkylation sites (N-methyl/N-ethyl adjacent to an activating group) is 1. The normalized spacial score (nSPS) is 12.5. The van der Waals surface area contributed by atoms with Gasteiger partial charge < -0.3 is 10.1 Å². The zero-order chi connectivity index (χ0) is 12.0. The molecular weight excluding hydrogens is 222 g/mol. The third-order valence-corrected chi connectivity index (χ3v) is 2.97. The summed E-state index contributed by atoms with van der Waals surface area (Å²) in [6, 6.07) is 6.07. The molecule has 1 aromatic carbocycles. The fourth-order valence-corrected chi connectivity index (χ4v) is 2.03. The van der Waals surface area contributed by atoms with E-state index in [4.69, 9.17) is 16.3 Å². The van der Waals surface area contributed by atoms with E-state index in [0.29, 0.717) is 17.5 Å². The van der Waals surface area contributed by atoms with E-state index in [1.54, 1.807) is 0 Å². The van der Waals surface area contributed by atoms with E-state index in [-0.39, 0.29) is 0 Å². The molecule has 2 nitrogen and oxygen atoms in total. The van der Waals surface area contributed by atoms with Crippen molar-refractivity contribution in [1.29, 1.82) is 0 Å². The Kier molecular flexibility index (Phi) is 5.64. The molecule has 0 aliphatic heterocycles. The number of hydrogen-bond acceptors (Lipinski definition) is 2. The Hall–Kier alpha value is -0.730. The summed E-state index contributed by atoms with van der Waals surface area (Å²) < 4.78 is 5.42. The number of ether oxygens (including phenoxy) is 1. The number of halogens is 1. The minimum atomic E-state index is 0.512. The molecule has 1 rings (SSSR count). The molecule has 0 bridgehead atoms. The molecule has 16 heavy (non-hydrogen) atoms. The van der Waals surface area contributed by atoms with Gasteiger partial charge in [-0.1, -0.05) is 24.6 Å². The van der Waals surface area contributed by atoms with Crippen LogP contribution < -0.4 is 10.1 Å². The minimum absolute atomic E-state index is 0.512. The van der Waals surface area contributed by atoms with Crippen LogP contribution in [0.5, 0.6) is 5.75 Å². The van der Waals surface area contributed by atoms with Crippen molar-refractivity contribution in [1.82, 2.24) is 5.32 Å². The van der Waals surface area contributed by atoms with Crippen LogP contribution in [0.4, 0.5) is 0 Å². The van der Waals surface area contributed by atoms with Gasteiger partial charge in [-0.3, -0.25) is 0 Å². The number of nitrogens with one attached hydrogen (secondary N) is 1. The van der Waals surface area contributed by atoms with Gasteiger partial charge in [-0.25, -0.2) is 0 Å². The van der Waals surface area contributed by atoms with Crippen molar-refractivity contribution in [2.75, 3.05) is 20.2 Å². The number of benzene rings is 1. The van der Waals surface area contributed by atoms with Crippen molar-refractivity contribution < 1.29 is 4.74 Å². The molecule has 0 amide bonds. The fraction of sp³-hybridized carbons (Fsp3) is 0.538. The van der Waals surface area contributed by atoms with E-state index >= 15 is 0 Å². The first kappa shape index (κ1) is 13.3. The van der Waals surface area contributed by atoms with Crippen LogP contribution in [-0.4, -0.2) is 20.2 Å². The first-order chi connectivity index (χ1) is 7.72. The maximum Gasteiger partial charge on any atom is 0.137 e. The molecule has 0 heterocycles. The Balaban J connectivity index is 2.85. The highest BCUT2D eigenvalue weighted by atomic mass is 35.5. The van der Waals surface area contributed by atoms with Crippen molar-refractivity contribution in [3.8, 4) is 5.75 Å². The van der Waals surface area contributed by atoms with Crippen molar-refractivity contribution >= 4 is 11.6 Å². The lowest BCUT2D eigenvalue weighted by Gasteiger charge is -2.16. The summed E-state index contributed by atoms with van der Waals surface area (Å²) in [7, 11) is 1.97. The highest BCUT2D eigenvalue weighted by Gasteiger charge is 2.10. The summed E-state index contributed by atoms with van der Waals surface area (Å²) in [5.41, 5.74) is 1.27. The summed E-state index contributed by atoms with van der Waals surface area (Å²) in [5.74, 6) is 1.28. The fourth-order valence-electron chi connectivity index (χ4n) is 1.79. The van der Waals surface area contributed by atoms with Gasteiger partial charge in [0.25, 0.3) is 0 Å². The monoisotopic (exact) mass is 241 g/mol. The number of hydrogen-bond donors (Lipinski definition) is 1. The van der Waals surface area contributed by atoms with Gasteiger partial charge in [0.1, 0.15) is 5.75 Å². The molecule has 3 heteroatoms. The minimum Gasteiger partial charge on any atom is -0.492 e. The van der Waals surface area contributed by atoms with Crippen molar-refractivity contribution in [2.24, 2.45) is 0 Å². The summed E-state index contributed by atoms with van der Waals surface area (Å²) in [6.07, 6.45) is 1.10. The predicted molar refractivity (Wildman–Crippen MR) is 69.6 cm³/mol. The Morgan fingerprint density at radius 3 is 2.62 bits per heavy atom. The zero-order valence-electron chi connectivity index (χ0n) is 10.2. The average molecular weight is 242 g/mol. The third kappa shape index (κ3) is 3.39. The Morgan fingerprint density at radius 2 is 2.12 bits per heavy atom. The third-order valence-electron chi connectivity index (χ3n) is 2.67. The second kappa shape index (κ2) is 6.77. The molecule has 0 aliphatic carbocycles. The Bertz CT molecular complexity index is 328. The summed E-state index contributed by atoms with van der Waals surface area (Å²) in [6.45, 7) is 5.76. The predicted octanol–water partition coefficient (Wildman–Crippen LogP) is 3.45. The van der Waals surface area contributed by atoms with Gasteiger partial charge in [-0.15, -0.1) is 0 Å². The first-order valence-electron chi connectivity index (χ1n) is 5.79. The standard InChI is InChI=1S/C13H20ClNO/c1-4-10(9-15-3)11-6-7-13(16-5-2)12(14)8-11/h6-8,10,15H,4-5,9H2,1-3H3. The quantitative estimate of drug-likeness (QED) is 0.824. The van der Waals surface area contributed by atoms with Gasteiger partial charge >= 0.3 is 0 Å². The lowest BCUT2D eigenvalue weighted by molar-refractivity contribution is 0.340. The molecule has 1 aromatic rings. The molecule has 0 aromatic heterocycles. The van der Waals surface area contributed by atoms with Gasteiger partial charge in [-0.2, -0.15) is 0 Å². The smallest absolute Gasteiger partial charge is 0.137 e. The molecule has 90 valence electrons. The zero-order valence-corrected chi connectivity index (χ0v) is 11.0. The van der Waals surface area contributed by atoms with Crippen LogP contribution in [0.3, 0.4) is 0 Å². The molecule has 1 N–H and O–H groups in total. The van der Waals surface area contributed by atoms with E-state index in [2.05, 4.69) is 18.3 Å². The van der Waals surface area contributed by atoms with E-state index in [1.807, 2.05) is 26.1 Å². The molecule has 1 unspecified atom stereocenters. The molecule has 0 fully saturated rings. The summed E-state index contributed by atoms with van der Waals surface area (Å²) >= 11 is 6.16. The Morgan fingerprint density at radius 1 is 1.38 bits per heavy atom. The van der Waals surface area contributed by atoms with Crippen LogP contribution in [0, 0.1) is 0 Å². The molecule has 0 radical (unpaired) electrons. The maximum atomic E-state index is 6.16. The van der Waals surface area contributed by atoms with Crippen molar-refractivity contribution in [3.05, 3.63) is 28.8 Å². The first-order valence-corrected chi connectivity index (χ1v) is 6.17. The van der Waals surface area contributed by atoms with Crippen LogP contribution in [0.25, 0.3) is 0 Å². The van der Waals surface area contributed by atoms with Gasteiger partial charge in [0.2, 0.25) is 0 Å². The highest BCUT2D eigenvalue weighted by Crippen LogP contribution is 2.29. The maximum absolute atomic E-state index is 6.16. The SMILES string of the molecule is CCOc1ccc(C(CC)CNC)cc1Cl. The second-order valence-electron chi connectivity index (χ2n) is 3.79. The van der Waals surface area contributed by atoms with Crippen LogP contribution in [0.15, 0.2) is 18.2 Å².